The largest absolute Gasteiger partial charge is 0.460 e. The Morgan fingerprint density at radius 1 is 0.952 bits per heavy atom. The van der Waals surface area contributed by atoms with Gasteiger partial charge in [-0.05, 0) is 110 Å². The minimum Gasteiger partial charge on any atom is -0.460 e. The SMILES string of the molecule is C[C@H](NP(=O)(Oc1ccccc1)[C@@H](F)c1ccc2sc(C(=O)NC3CCCC[C@H]4CC[C@@H](C(=O)N5C[C@@H](c6cccnc6)CC56CC6)N4C3=O)cc2c1)C(=O)OCc1ccccc1. The van der Waals surface area contributed by atoms with Gasteiger partial charge in [-0.15, -0.1) is 11.3 Å². The fraction of sp³-hybridized carbons (Fsp3) is 0.396. The van der Waals surface area contributed by atoms with Crippen LogP contribution in [-0.4, -0.2) is 74.7 Å². The minimum absolute atomic E-state index is 0.0123. The second-order valence-electron chi connectivity index (χ2n) is 17.4. The Morgan fingerprint density at radius 2 is 1.71 bits per heavy atom. The molecule has 2 N–H and O–H groups in total. The molecule has 3 saturated heterocycles. The van der Waals surface area contributed by atoms with Gasteiger partial charge in [0.2, 0.25) is 17.7 Å². The number of thiophene rings is 1. The summed E-state index contributed by atoms with van der Waals surface area (Å²) < 4.78 is 43.2. The first-order chi connectivity index (χ1) is 30.5. The molecule has 0 radical (unpaired) electrons. The number of alkyl halides is 1. The Balaban J connectivity index is 0.897. The number of carbonyl (C=O) groups excluding carboxylic acids is 4. The first-order valence-corrected chi connectivity index (χ1v) is 24.4. The van der Waals surface area contributed by atoms with Crippen LogP contribution in [0.1, 0.15) is 103 Å². The van der Waals surface area contributed by atoms with Gasteiger partial charge < -0.3 is 24.4 Å². The number of hydrogen-bond donors (Lipinski definition) is 2. The zero-order valence-electron chi connectivity index (χ0n) is 35.1. The summed E-state index contributed by atoms with van der Waals surface area (Å²) in [4.78, 5) is 64.4. The Kier molecular flexibility index (Phi) is 12.2. The van der Waals surface area contributed by atoms with E-state index in [1.807, 2.05) is 30.5 Å². The van der Waals surface area contributed by atoms with Gasteiger partial charge in [0.1, 0.15) is 30.5 Å². The van der Waals surface area contributed by atoms with E-state index in [1.165, 1.54) is 30.4 Å². The molecule has 3 aromatic carbocycles. The lowest BCUT2D eigenvalue weighted by molar-refractivity contribution is -0.148. The van der Waals surface area contributed by atoms with E-state index in [2.05, 4.69) is 26.4 Å². The normalized spacial score (nSPS) is 23.6. The summed E-state index contributed by atoms with van der Waals surface area (Å²) >= 11 is 1.20. The van der Waals surface area contributed by atoms with Crippen LogP contribution in [0.4, 0.5) is 4.39 Å². The molecule has 1 spiro atoms. The number of amides is 3. The van der Waals surface area contributed by atoms with Gasteiger partial charge in [0.15, 0.2) is 0 Å². The molecule has 4 fully saturated rings. The quantitative estimate of drug-likeness (QED) is 0.0875. The van der Waals surface area contributed by atoms with E-state index in [1.54, 1.807) is 65.7 Å². The van der Waals surface area contributed by atoms with E-state index in [9.17, 15) is 23.7 Å². The first-order valence-electron chi connectivity index (χ1n) is 21.8. The molecule has 2 aromatic heterocycles. The Morgan fingerprint density at radius 3 is 2.46 bits per heavy atom. The van der Waals surface area contributed by atoms with Crippen LogP contribution in [0.15, 0.2) is 109 Å². The van der Waals surface area contributed by atoms with Gasteiger partial charge in [-0.25, -0.2) is 9.48 Å². The fourth-order valence-electron chi connectivity index (χ4n) is 9.62. The molecular weight excluding hydrogens is 841 g/mol. The molecule has 7 atom stereocenters. The van der Waals surface area contributed by atoms with Crippen molar-refractivity contribution in [2.24, 2.45) is 0 Å². The third-order valence-electron chi connectivity index (χ3n) is 13.0. The summed E-state index contributed by atoms with van der Waals surface area (Å²) in [6.07, 6.45) is 10.7. The maximum absolute atomic E-state index is 16.7. The number of halogens is 1. The number of hydrogen-bond acceptors (Lipinski definition) is 9. The highest BCUT2D eigenvalue weighted by Gasteiger charge is 2.58. The molecule has 1 saturated carbocycles. The molecule has 63 heavy (non-hydrogen) atoms. The van der Waals surface area contributed by atoms with Gasteiger partial charge in [-0.2, -0.15) is 0 Å². The number of para-hydroxylation sites is 1. The number of fused-ring (bicyclic) bond motifs is 2. The number of nitrogens with zero attached hydrogens (tertiary/aromatic N) is 3. The van der Waals surface area contributed by atoms with Crippen molar-refractivity contribution in [3.63, 3.8) is 0 Å². The van der Waals surface area contributed by atoms with E-state index >= 15 is 4.39 Å². The Hall–Kier alpha value is -5.43. The van der Waals surface area contributed by atoms with Crippen LogP contribution in [0.25, 0.3) is 10.1 Å². The van der Waals surface area contributed by atoms with Crippen LogP contribution >= 0.6 is 18.9 Å². The molecule has 9 rings (SSSR count). The minimum atomic E-state index is -4.50. The van der Waals surface area contributed by atoms with Gasteiger partial charge in [0.25, 0.3) is 5.91 Å². The molecule has 15 heteroatoms. The molecule has 0 bridgehead atoms. The number of esters is 1. The summed E-state index contributed by atoms with van der Waals surface area (Å²) in [7, 11) is -4.50. The monoisotopic (exact) mass is 891 g/mol. The Labute approximate surface area is 370 Å². The molecular formula is C48H51FN5O7PS. The molecule has 5 aromatic rings. The third-order valence-corrected chi connectivity index (χ3v) is 16.3. The summed E-state index contributed by atoms with van der Waals surface area (Å²) in [6.45, 7) is 2.04. The average Bonchev–Trinajstić information content (AvgIpc) is 3.58. The van der Waals surface area contributed by atoms with Crippen molar-refractivity contribution in [2.45, 2.75) is 113 Å². The number of rotatable bonds is 13. The molecule has 2 unspecified atom stereocenters. The lowest BCUT2D eigenvalue weighted by Crippen LogP contribution is -2.57. The van der Waals surface area contributed by atoms with Gasteiger partial charge in [-0.3, -0.25) is 28.7 Å². The van der Waals surface area contributed by atoms with E-state index in [-0.39, 0.29) is 47.2 Å². The van der Waals surface area contributed by atoms with E-state index in [0.29, 0.717) is 34.3 Å². The first kappa shape index (κ1) is 42.9. The maximum atomic E-state index is 16.7. The topological polar surface area (TPSA) is 147 Å². The predicted molar refractivity (Wildman–Crippen MR) is 238 cm³/mol. The molecule has 328 valence electrons. The van der Waals surface area contributed by atoms with Crippen LogP contribution in [0, 0.1) is 0 Å². The van der Waals surface area contributed by atoms with Crippen LogP contribution in [0.5, 0.6) is 5.75 Å². The van der Waals surface area contributed by atoms with Crippen LogP contribution in [-0.2, 0) is 30.3 Å². The standard InChI is InChI=1S/C48H51FN5O7PS/c1-31(47(58)60-30-32-11-4-2-5-12-32)52-62(59,61-38-15-6-3-7-16-38)43(49)33-18-21-41-35(25-33)26-42(63-41)44(55)51-39-17-9-8-14-37-19-20-40(54(37)45(39)56)46(57)53-29-36(27-48(53)22-23-48)34-13-10-24-50-28-34/h2-7,10-13,15-16,18,21,24-26,28,31,36-37,39-40,43H,8-9,14,17,19-20,22-23,27,29-30H2,1H3,(H,51,55)(H,52,59)/t31-,36-,37-,39?,40-,43+,62?/m0/s1. The van der Waals surface area contributed by atoms with Gasteiger partial charge >= 0.3 is 13.5 Å². The highest BCUT2D eigenvalue weighted by Crippen LogP contribution is 2.58. The van der Waals surface area contributed by atoms with E-state index in [0.717, 1.165) is 56.1 Å². The van der Waals surface area contributed by atoms with Gasteiger partial charge in [-0.1, -0.05) is 73.5 Å². The van der Waals surface area contributed by atoms with E-state index < -0.39 is 43.4 Å². The molecule has 1 aliphatic carbocycles. The summed E-state index contributed by atoms with van der Waals surface area (Å²) in [5.41, 5.74) is 1.76. The predicted octanol–water partition coefficient (Wildman–Crippen LogP) is 8.84. The molecule has 3 amide bonds. The molecule has 5 heterocycles. The van der Waals surface area contributed by atoms with Crippen molar-refractivity contribution in [3.8, 4) is 5.75 Å². The molecule has 4 aliphatic rings. The number of aromatic nitrogens is 1. The van der Waals surface area contributed by atoms with E-state index in [4.69, 9.17) is 9.26 Å². The molecule has 12 nitrogen and oxygen atoms in total. The average molecular weight is 892 g/mol. The second-order valence-corrected chi connectivity index (χ2v) is 20.5. The zero-order valence-corrected chi connectivity index (χ0v) is 36.8. The number of benzene rings is 3. The summed E-state index contributed by atoms with van der Waals surface area (Å²) in [5.74, 6) is -3.24. The lowest BCUT2D eigenvalue weighted by Gasteiger charge is -2.37. The maximum Gasteiger partial charge on any atom is 0.355 e. The number of carbonyl (C=O) groups is 4. The van der Waals surface area contributed by atoms with Crippen LogP contribution < -0.4 is 14.9 Å². The number of ether oxygens (including phenoxy) is 1. The highest BCUT2D eigenvalue weighted by atomic mass is 32.1. The molecule has 3 aliphatic heterocycles. The van der Waals surface area contributed by atoms with Crippen molar-refractivity contribution >= 4 is 52.6 Å². The lowest BCUT2D eigenvalue weighted by atomic mass is 9.97. The number of nitrogens with one attached hydrogen (secondary N) is 2. The van der Waals surface area contributed by atoms with Crippen LogP contribution in [0.3, 0.4) is 0 Å². The van der Waals surface area contributed by atoms with Crippen molar-refractivity contribution < 1.29 is 37.4 Å². The Bertz CT molecular complexity index is 2530. The number of likely N-dealkylation sites (tertiary alicyclic amines) is 1. The van der Waals surface area contributed by atoms with Crippen molar-refractivity contribution in [2.75, 3.05) is 6.54 Å². The summed E-state index contributed by atoms with van der Waals surface area (Å²) in [6, 6.07) is 24.9. The van der Waals surface area contributed by atoms with Crippen molar-refractivity contribution in [1.82, 2.24) is 25.2 Å². The highest BCUT2D eigenvalue weighted by molar-refractivity contribution is 7.57. The summed E-state index contributed by atoms with van der Waals surface area (Å²) in [5, 5.41) is 6.17. The fourth-order valence-corrected chi connectivity index (χ4v) is 12.5. The van der Waals surface area contributed by atoms with Crippen molar-refractivity contribution in [3.05, 3.63) is 131 Å². The second kappa shape index (κ2) is 18.0. The zero-order chi connectivity index (χ0) is 43.7. The van der Waals surface area contributed by atoms with Crippen LogP contribution in [0.2, 0.25) is 0 Å². The smallest absolute Gasteiger partial charge is 0.355 e. The third kappa shape index (κ3) is 9.03. The van der Waals surface area contributed by atoms with Crippen molar-refractivity contribution in [1.29, 1.82) is 0 Å². The van der Waals surface area contributed by atoms with Gasteiger partial charge in [0, 0.05) is 41.1 Å². The van der Waals surface area contributed by atoms with Gasteiger partial charge in [0.05, 0.1) is 4.88 Å². The number of pyridine rings is 1.